The van der Waals surface area contributed by atoms with Crippen LogP contribution in [0.1, 0.15) is 38.7 Å². The minimum atomic E-state index is -0.278. The van der Waals surface area contributed by atoms with Crippen molar-refractivity contribution >= 4 is 12.0 Å². The molecule has 2 heterocycles. The van der Waals surface area contributed by atoms with E-state index in [2.05, 4.69) is 11.8 Å². The molecule has 2 unspecified atom stereocenters. The average molecular weight is 460 g/mol. The third-order valence-electron chi connectivity index (χ3n) is 7.80. The fourth-order valence-electron chi connectivity index (χ4n) is 5.52. The Balaban J connectivity index is 1.24. The molecule has 2 saturated heterocycles. The van der Waals surface area contributed by atoms with Crippen LogP contribution in [0.25, 0.3) is 0 Å². The van der Waals surface area contributed by atoms with Gasteiger partial charge in [0.05, 0.1) is 13.7 Å². The van der Waals surface area contributed by atoms with Gasteiger partial charge in [-0.15, -0.1) is 0 Å². The molecule has 1 aromatic carbocycles. The molecular formula is C25H37N3O5. The Morgan fingerprint density at radius 3 is 2.42 bits per heavy atom. The molecule has 3 fully saturated rings. The van der Waals surface area contributed by atoms with Gasteiger partial charge in [-0.05, 0) is 75.7 Å². The van der Waals surface area contributed by atoms with Gasteiger partial charge in [0.15, 0.2) is 11.5 Å². The molecule has 2 atom stereocenters. The summed E-state index contributed by atoms with van der Waals surface area (Å²) in [5.74, 6) is 1.10. The molecule has 8 nitrogen and oxygen atoms in total. The smallest absolute Gasteiger partial charge is 0.409 e. The Kier molecular flexibility index (Phi) is 7.02. The number of rotatable bonds is 6. The van der Waals surface area contributed by atoms with Crippen LogP contribution in [-0.4, -0.2) is 90.8 Å². The van der Waals surface area contributed by atoms with Crippen molar-refractivity contribution < 1.29 is 24.2 Å². The number of benzene rings is 1. The van der Waals surface area contributed by atoms with Gasteiger partial charge in [0.1, 0.15) is 0 Å². The highest BCUT2D eigenvalue weighted by Crippen LogP contribution is 2.60. The molecule has 1 saturated carbocycles. The zero-order chi connectivity index (χ0) is 23.6. The van der Waals surface area contributed by atoms with E-state index >= 15 is 0 Å². The topological polar surface area (TPSA) is 82.6 Å². The van der Waals surface area contributed by atoms with E-state index in [-0.39, 0.29) is 29.1 Å². The Morgan fingerprint density at radius 2 is 1.79 bits per heavy atom. The van der Waals surface area contributed by atoms with E-state index in [9.17, 15) is 14.7 Å². The molecule has 1 aromatic rings. The number of methoxy groups -OCH3 is 1. The molecule has 0 radical (unpaired) electrons. The molecule has 2 aliphatic heterocycles. The Bertz CT molecular complexity index is 860. The van der Waals surface area contributed by atoms with E-state index in [0.717, 1.165) is 44.3 Å². The highest BCUT2D eigenvalue weighted by molar-refractivity contribution is 5.83. The van der Waals surface area contributed by atoms with Gasteiger partial charge in [-0.1, -0.05) is 6.07 Å². The highest BCUT2D eigenvalue weighted by Gasteiger charge is 2.59. The van der Waals surface area contributed by atoms with Crippen molar-refractivity contribution in [2.75, 3.05) is 53.0 Å². The number of hydrogen-bond acceptors (Lipinski definition) is 6. The average Bonchev–Trinajstić information content (AvgIpc) is 3.53. The molecule has 1 N–H and O–H groups in total. The summed E-state index contributed by atoms with van der Waals surface area (Å²) in [7, 11) is 1.57. The maximum Gasteiger partial charge on any atom is 0.409 e. The van der Waals surface area contributed by atoms with Crippen LogP contribution in [0.4, 0.5) is 4.79 Å². The normalized spacial score (nSPS) is 23.3. The standard InChI is InChI=1S/C25H37N3O5/c1-4-33-24(31)28-13-11-27(12-14-28)23(30)20-17-25(20)7-9-26(10-8-25)18(2)15-19-5-6-21(29)22(16-19)32-3/h5-6,16,18,20,29H,4,7-15,17H2,1-3H3. The van der Waals surface area contributed by atoms with Crippen LogP contribution in [0, 0.1) is 11.3 Å². The lowest BCUT2D eigenvalue weighted by atomic mass is 9.89. The van der Waals surface area contributed by atoms with E-state index in [0.29, 0.717) is 44.6 Å². The Hall–Kier alpha value is -2.48. The second-order valence-corrected chi connectivity index (χ2v) is 9.73. The van der Waals surface area contributed by atoms with Gasteiger partial charge in [-0.3, -0.25) is 4.79 Å². The number of amides is 2. The first-order valence-electron chi connectivity index (χ1n) is 12.2. The van der Waals surface area contributed by atoms with Crippen molar-refractivity contribution in [2.24, 2.45) is 11.3 Å². The van der Waals surface area contributed by atoms with Crippen molar-refractivity contribution in [3.8, 4) is 11.5 Å². The van der Waals surface area contributed by atoms with Crippen molar-refractivity contribution in [3.63, 3.8) is 0 Å². The number of hydrogen-bond donors (Lipinski definition) is 1. The third-order valence-corrected chi connectivity index (χ3v) is 7.80. The SMILES string of the molecule is CCOC(=O)N1CCN(C(=O)C2CC23CCN(C(C)Cc2ccc(O)c(OC)c2)CC3)CC1. The zero-order valence-electron chi connectivity index (χ0n) is 20.1. The molecule has 0 aromatic heterocycles. The van der Waals surface area contributed by atoms with Gasteiger partial charge in [-0.2, -0.15) is 0 Å². The van der Waals surface area contributed by atoms with E-state index in [4.69, 9.17) is 9.47 Å². The predicted molar refractivity (Wildman–Crippen MR) is 124 cm³/mol. The first kappa shape index (κ1) is 23.7. The fourth-order valence-corrected chi connectivity index (χ4v) is 5.52. The number of ether oxygens (including phenoxy) is 2. The summed E-state index contributed by atoms with van der Waals surface area (Å²) in [4.78, 5) is 31.2. The lowest BCUT2D eigenvalue weighted by Gasteiger charge is -2.38. The number of piperazine rings is 1. The van der Waals surface area contributed by atoms with Crippen LogP contribution in [-0.2, 0) is 16.0 Å². The lowest BCUT2D eigenvalue weighted by Crippen LogP contribution is -2.51. The summed E-state index contributed by atoms with van der Waals surface area (Å²) in [6.45, 7) is 8.76. The van der Waals surface area contributed by atoms with Crippen LogP contribution in [0.5, 0.6) is 11.5 Å². The monoisotopic (exact) mass is 459 g/mol. The lowest BCUT2D eigenvalue weighted by molar-refractivity contribution is -0.135. The summed E-state index contributed by atoms with van der Waals surface area (Å²) < 4.78 is 10.3. The summed E-state index contributed by atoms with van der Waals surface area (Å²) >= 11 is 0. The number of carbonyl (C=O) groups is 2. The highest BCUT2D eigenvalue weighted by atomic mass is 16.6. The van der Waals surface area contributed by atoms with Gasteiger partial charge >= 0.3 is 6.09 Å². The van der Waals surface area contributed by atoms with Crippen molar-refractivity contribution in [3.05, 3.63) is 23.8 Å². The summed E-state index contributed by atoms with van der Waals surface area (Å²) in [5.41, 5.74) is 1.33. The molecule has 0 bridgehead atoms. The Morgan fingerprint density at radius 1 is 1.12 bits per heavy atom. The molecule has 182 valence electrons. The van der Waals surface area contributed by atoms with E-state index in [1.54, 1.807) is 25.0 Å². The fraction of sp³-hybridized carbons (Fsp3) is 0.680. The molecule has 8 heteroatoms. The van der Waals surface area contributed by atoms with Gasteiger partial charge in [0.25, 0.3) is 0 Å². The second-order valence-electron chi connectivity index (χ2n) is 9.73. The number of nitrogens with zero attached hydrogens (tertiary/aromatic N) is 3. The molecule has 33 heavy (non-hydrogen) atoms. The molecular weight excluding hydrogens is 422 g/mol. The molecule has 3 aliphatic rings. The Labute approximate surface area is 196 Å². The van der Waals surface area contributed by atoms with Crippen LogP contribution in [0.3, 0.4) is 0 Å². The largest absolute Gasteiger partial charge is 0.504 e. The number of carbonyl (C=O) groups excluding carboxylic acids is 2. The van der Waals surface area contributed by atoms with Crippen molar-refractivity contribution in [1.82, 2.24) is 14.7 Å². The summed E-state index contributed by atoms with van der Waals surface area (Å²) in [5, 5.41) is 9.82. The quantitative estimate of drug-likeness (QED) is 0.705. The molecule has 2 amide bonds. The van der Waals surface area contributed by atoms with Gasteiger partial charge in [0.2, 0.25) is 5.91 Å². The maximum absolute atomic E-state index is 13.1. The molecule has 1 aliphatic carbocycles. The van der Waals surface area contributed by atoms with Gasteiger partial charge < -0.3 is 29.3 Å². The van der Waals surface area contributed by atoms with Crippen LogP contribution in [0.2, 0.25) is 0 Å². The van der Waals surface area contributed by atoms with E-state index in [1.165, 1.54) is 0 Å². The van der Waals surface area contributed by atoms with Crippen molar-refractivity contribution in [2.45, 2.75) is 45.6 Å². The second kappa shape index (κ2) is 9.79. The minimum absolute atomic E-state index is 0.144. The van der Waals surface area contributed by atoms with Crippen molar-refractivity contribution in [1.29, 1.82) is 0 Å². The first-order chi connectivity index (χ1) is 15.9. The zero-order valence-corrected chi connectivity index (χ0v) is 20.1. The first-order valence-corrected chi connectivity index (χ1v) is 12.2. The predicted octanol–water partition coefficient (Wildman–Crippen LogP) is 2.73. The number of piperidine rings is 1. The maximum atomic E-state index is 13.1. The van der Waals surface area contributed by atoms with E-state index < -0.39 is 0 Å². The number of likely N-dealkylation sites (tertiary alicyclic amines) is 1. The van der Waals surface area contributed by atoms with Crippen LogP contribution >= 0.6 is 0 Å². The summed E-state index contributed by atoms with van der Waals surface area (Å²) in [6, 6.07) is 5.95. The van der Waals surface area contributed by atoms with Crippen LogP contribution < -0.4 is 4.74 Å². The number of aromatic hydroxyl groups is 1. The van der Waals surface area contributed by atoms with Gasteiger partial charge in [0, 0.05) is 38.1 Å². The summed E-state index contributed by atoms with van der Waals surface area (Å²) in [6.07, 6.45) is 3.75. The van der Waals surface area contributed by atoms with Gasteiger partial charge in [-0.25, -0.2) is 4.79 Å². The number of phenolic OH excluding ortho intramolecular Hbond substituents is 1. The molecule has 1 spiro atoms. The molecule has 4 rings (SSSR count). The van der Waals surface area contributed by atoms with Crippen LogP contribution in [0.15, 0.2) is 18.2 Å². The minimum Gasteiger partial charge on any atom is -0.504 e. The number of phenols is 1. The van der Waals surface area contributed by atoms with E-state index in [1.807, 2.05) is 17.0 Å². The third kappa shape index (κ3) is 5.05.